The summed E-state index contributed by atoms with van der Waals surface area (Å²) in [4.78, 5) is 28.6. The first kappa shape index (κ1) is 22.8. The van der Waals surface area contributed by atoms with Gasteiger partial charge in [-0.3, -0.25) is 14.3 Å². The molecule has 2 aromatic carbocycles. The minimum atomic E-state index is -3.33. The highest BCUT2D eigenvalue weighted by Crippen LogP contribution is 2.31. The van der Waals surface area contributed by atoms with Crippen LogP contribution in [0, 0.1) is 0 Å². The van der Waals surface area contributed by atoms with Crippen LogP contribution < -0.4 is 4.72 Å². The molecule has 2 aromatic rings. The lowest BCUT2D eigenvalue weighted by molar-refractivity contribution is -0.201. The Labute approximate surface area is 198 Å². The van der Waals surface area contributed by atoms with Crippen LogP contribution in [0.15, 0.2) is 48.5 Å². The molecule has 10 heteroatoms. The van der Waals surface area contributed by atoms with Gasteiger partial charge in [-0.1, -0.05) is 24.3 Å². The van der Waals surface area contributed by atoms with Gasteiger partial charge in [0.1, 0.15) is 0 Å². The van der Waals surface area contributed by atoms with E-state index in [1.165, 1.54) is 0 Å². The molecule has 0 spiro atoms. The topological polar surface area (TPSA) is 116 Å². The summed E-state index contributed by atoms with van der Waals surface area (Å²) in [6, 6.07) is 14.4. The van der Waals surface area contributed by atoms with Gasteiger partial charge in [-0.15, -0.1) is 0 Å². The van der Waals surface area contributed by atoms with Crippen molar-refractivity contribution in [2.75, 3.05) is 44.1 Å². The van der Waals surface area contributed by atoms with Crippen LogP contribution in [-0.4, -0.2) is 85.4 Å². The Balaban J connectivity index is 1.21. The van der Waals surface area contributed by atoms with Crippen molar-refractivity contribution in [2.24, 2.45) is 0 Å². The number of sulfonamides is 1. The van der Waals surface area contributed by atoms with Gasteiger partial charge in [-0.05, 0) is 48.2 Å². The molecule has 0 bridgehead atoms. The number of nitrogens with one attached hydrogen (secondary N) is 1. The number of hydrogen-bond acceptors (Lipinski definition) is 6. The fraction of sp³-hybridized carbons (Fsp3) is 0.417. The highest BCUT2D eigenvalue weighted by Gasteiger charge is 2.46. The van der Waals surface area contributed by atoms with Crippen molar-refractivity contribution < 1.29 is 27.9 Å². The van der Waals surface area contributed by atoms with Gasteiger partial charge in [0.2, 0.25) is 10.0 Å². The standard InChI is InChI=1S/C24H27N3O6S/c28-22(26-10-12-27(13-11-26)23(29)24(30)15-33-16-24)18-6-4-17(5-7-18)19-2-1-3-20(14-19)25-34(31,32)21-8-9-21/h1-7,14,21,25,30H,8-13,15-16H2. The van der Waals surface area contributed by atoms with E-state index in [0.29, 0.717) is 50.3 Å². The summed E-state index contributed by atoms with van der Waals surface area (Å²) in [7, 11) is -3.33. The zero-order chi connectivity index (χ0) is 23.9. The molecule has 1 aliphatic carbocycles. The summed E-state index contributed by atoms with van der Waals surface area (Å²) in [5.74, 6) is -0.452. The normalized spacial score (nSPS) is 19.9. The first-order valence-electron chi connectivity index (χ1n) is 11.4. The predicted molar refractivity (Wildman–Crippen MR) is 126 cm³/mol. The van der Waals surface area contributed by atoms with E-state index in [2.05, 4.69) is 4.72 Å². The lowest BCUT2D eigenvalue weighted by Crippen LogP contribution is -2.64. The van der Waals surface area contributed by atoms with Crippen LogP contribution in [-0.2, 0) is 19.6 Å². The lowest BCUT2D eigenvalue weighted by atomic mass is 10.00. The summed E-state index contributed by atoms with van der Waals surface area (Å²) >= 11 is 0. The zero-order valence-corrected chi connectivity index (χ0v) is 19.5. The molecule has 0 radical (unpaired) electrons. The number of benzene rings is 2. The summed E-state index contributed by atoms with van der Waals surface area (Å²) in [5, 5.41) is 9.88. The maximum absolute atomic E-state index is 12.9. The van der Waals surface area contributed by atoms with Gasteiger partial charge >= 0.3 is 0 Å². The Bertz CT molecular complexity index is 1200. The average Bonchev–Trinajstić information content (AvgIpc) is 3.68. The Kier molecular flexibility index (Phi) is 5.83. The van der Waals surface area contributed by atoms with Crippen molar-refractivity contribution in [1.82, 2.24) is 9.80 Å². The van der Waals surface area contributed by atoms with Crippen molar-refractivity contribution in [3.63, 3.8) is 0 Å². The van der Waals surface area contributed by atoms with Crippen LogP contribution in [0.2, 0.25) is 0 Å². The van der Waals surface area contributed by atoms with Crippen LogP contribution >= 0.6 is 0 Å². The zero-order valence-electron chi connectivity index (χ0n) is 18.6. The molecule has 2 amide bonds. The van der Waals surface area contributed by atoms with Gasteiger partial charge in [0, 0.05) is 37.4 Å². The third-order valence-electron chi connectivity index (χ3n) is 6.48. The molecule has 1 saturated carbocycles. The molecule has 0 atom stereocenters. The van der Waals surface area contributed by atoms with Crippen LogP contribution in [0.5, 0.6) is 0 Å². The fourth-order valence-corrected chi connectivity index (χ4v) is 5.58. The number of hydrogen-bond donors (Lipinski definition) is 2. The van der Waals surface area contributed by atoms with E-state index in [-0.39, 0.29) is 30.3 Å². The first-order chi connectivity index (χ1) is 16.2. The smallest absolute Gasteiger partial charge is 0.259 e. The SMILES string of the molecule is O=C(c1ccc(-c2cccc(NS(=O)(=O)C3CC3)c2)cc1)N1CCN(C(=O)C2(O)COC2)CC1. The van der Waals surface area contributed by atoms with Crippen LogP contribution in [0.25, 0.3) is 11.1 Å². The van der Waals surface area contributed by atoms with Crippen LogP contribution in [0.3, 0.4) is 0 Å². The van der Waals surface area contributed by atoms with E-state index in [0.717, 1.165) is 11.1 Å². The third kappa shape index (κ3) is 4.53. The van der Waals surface area contributed by atoms with E-state index in [1.54, 1.807) is 40.1 Å². The molecule has 180 valence electrons. The predicted octanol–water partition coefficient (Wildman–Crippen LogP) is 1.30. The minimum absolute atomic E-state index is 0.0205. The van der Waals surface area contributed by atoms with E-state index in [4.69, 9.17) is 4.74 Å². The monoisotopic (exact) mass is 485 g/mol. The fourth-order valence-electron chi connectivity index (χ4n) is 4.20. The van der Waals surface area contributed by atoms with Gasteiger partial charge in [0.05, 0.1) is 18.5 Å². The van der Waals surface area contributed by atoms with Crippen LogP contribution in [0.4, 0.5) is 5.69 Å². The molecular formula is C24H27N3O6S. The third-order valence-corrected chi connectivity index (χ3v) is 8.35. The first-order valence-corrected chi connectivity index (χ1v) is 12.9. The van der Waals surface area contributed by atoms with Gasteiger partial charge < -0.3 is 19.6 Å². The number of amides is 2. The Morgan fingerprint density at radius 1 is 0.941 bits per heavy atom. The van der Waals surface area contributed by atoms with Crippen LogP contribution in [0.1, 0.15) is 23.2 Å². The maximum Gasteiger partial charge on any atom is 0.259 e. The molecular weight excluding hydrogens is 458 g/mol. The van der Waals surface area contributed by atoms with Crippen molar-refractivity contribution in [3.8, 4) is 11.1 Å². The molecule has 3 fully saturated rings. The molecule has 0 aromatic heterocycles. The molecule has 0 unspecified atom stereocenters. The Hall–Kier alpha value is -2.95. The summed E-state index contributed by atoms with van der Waals surface area (Å²) in [6.45, 7) is 1.57. The summed E-state index contributed by atoms with van der Waals surface area (Å²) in [6.07, 6.45) is 1.40. The highest BCUT2D eigenvalue weighted by atomic mass is 32.2. The minimum Gasteiger partial charge on any atom is -0.376 e. The summed E-state index contributed by atoms with van der Waals surface area (Å²) in [5.41, 5.74) is 1.36. The molecule has 3 aliphatic rings. The molecule has 5 rings (SSSR count). The van der Waals surface area contributed by atoms with Gasteiger partial charge in [-0.2, -0.15) is 0 Å². The van der Waals surface area contributed by atoms with E-state index >= 15 is 0 Å². The number of aliphatic hydroxyl groups is 1. The number of carbonyl (C=O) groups is 2. The van der Waals surface area contributed by atoms with Gasteiger partial charge in [-0.25, -0.2) is 8.42 Å². The number of ether oxygens (including phenoxy) is 1. The largest absolute Gasteiger partial charge is 0.376 e. The Morgan fingerprint density at radius 3 is 2.18 bits per heavy atom. The lowest BCUT2D eigenvalue weighted by Gasteiger charge is -2.42. The quantitative estimate of drug-likeness (QED) is 0.637. The van der Waals surface area contributed by atoms with Gasteiger partial charge in [0.15, 0.2) is 5.60 Å². The second-order valence-corrected chi connectivity index (χ2v) is 11.1. The average molecular weight is 486 g/mol. The van der Waals surface area contributed by atoms with E-state index in [1.807, 2.05) is 18.2 Å². The molecule has 9 nitrogen and oxygen atoms in total. The second-order valence-electron chi connectivity index (χ2n) is 9.11. The number of anilines is 1. The molecule has 34 heavy (non-hydrogen) atoms. The van der Waals surface area contributed by atoms with E-state index in [9.17, 15) is 23.1 Å². The summed E-state index contributed by atoms with van der Waals surface area (Å²) < 4.78 is 32.0. The maximum atomic E-state index is 12.9. The number of nitrogens with zero attached hydrogens (tertiary/aromatic N) is 2. The van der Waals surface area contributed by atoms with Crippen molar-refractivity contribution in [1.29, 1.82) is 0 Å². The number of piperazine rings is 1. The highest BCUT2D eigenvalue weighted by molar-refractivity contribution is 7.93. The molecule has 2 saturated heterocycles. The molecule has 2 aliphatic heterocycles. The van der Waals surface area contributed by atoms with E-state index < -0.39 is 15.6 Å². The van der Waals surface area contributed by atoms with Gasteiger partial charge in [0.25, 0.3) is 11.8 Å². The van der Waals surface area contributed by atoms with Crippen molar-refractivity contribution in [2.45, 2.75) is 23.7 Å². The Morgan fingerprint density at radius 2 is 1.59 bits per heavy atom. The second kappa shape index (κ2) is 8.68. The van der Waals surface area contributed by atoms with Crippen molar-refractivity contribution in [3.05, 3.63) is 54.1 Å². The number of carbonyl (C=O) groups excluding carboxylic acids is 2. The number of rotatable bonds is 6. The molecule has 2 N–H and O–H groups in total. The molecule has 2 heterocycles. The van der Waals surface area contributed by atoms with Crippen molar-refractivity contribution >= 4 is 27.5 Å².